The average Bonchev–Trinajstić information content (AvgIpc) is 2.64. The van der Waals surface area contributed by atoms with Crippen LogP contribution in [0.15, 0.2) is 43.0 Å². The molecule has 5 heteroatoms. The SMILES string of the molecule is C=CCCCCCC[C@H](NC(=O)[C@H](OC)c1ccccc1)C(=O)OC. The standard InChI is InChI=1S/C20H29NO4/c1-4-5-6-7-8-12-15-17(20(23)25-3)21-19(22)18(24-2)16-13-10-9-11-14-16/h4,9-11,13-14,17-18H,1,5-8,12,15H2,2-3H3,(H,21,22)/t17-,18+/m0/s1. The zero-order valence-electron chi connectivity index (χ0n) is 15.2. The van der Waals surface area contributed by atoms with Crippen molar-refractivity contribution in [2.24, 2.45) is 0 Å². The molecule has 0 unspecified atom stereocenters. The van der Waals surface area contributed by atoms with Gasteiger partial charge in [0, 0.05) is 7.11 Å². The van der Waals surface area contributed by atoms with Gasteiger partial charge in [0.1, 0.15) is 6.04 Å². The second kappa shape index (κ2) is 12.3. The third-order valence-electron chi connectivity index (χ3n) is 4.03. The van der Waals surface area contributed by atoms with Gasteiger partial charge in [0.25, 0.3) is 5.91 Å². The smallest absolute Gasteiger partial charge is 0.328 e. The number of benzene rings is 1. The summed E-state index contributed by atoms with van der Waals surface area (Å²) in [7, 11) is 2.81. The van der Waals surface area contributed by atoms with Crippen LogP contribution in [0.2, 0.25) is 0 Å². The molecule has 0 aliphatic carbocycles. The lowest BCUT2D eigenvalue weighted by atomic mass is 10.0. The molecule has 0 heterocycles. The van der Waals surface area contributed by atoms with E-state index in [2.05, 4.69) is 11.9 Å². The molecule has 0 aliphatic rings. The first-order valence-electron chi connectivity index (χ1n) is 8.70. The average molecular weight is 347 g/mol. The van der Waals surface area contributed by atoms with Crippen molar-refractivity contribution in [2.45, 2.75) is 50.7 Å². The summed E-state index contributed by atoms with van der Waals surface area (Å²) < 4.78 is 10.1. The molecular formula is C20H29NO4. The zero-order valence-corrected chi connectivity index (χ0v) is 15.2. The number of ether oxygens (including phenoxy) is 2. The molecule has 0 spiro atoms. The predicted octanol–water partition coefficient (Wildman–Crippen LogP) is 3.56. The molecule has 5 nitrogen and oxygen atoms in total. The van der Waals surface area contributed by atoms with Crippen LogP contribution in [0.1, 0.15) is 50.2 Å². The first kappa shape index (κ1) is 20.9. The molecule has 0 radical (unpaired) electrons. The van der Waals surface area contributed by atoms with E-state index in [9.17, 15) is 9.59 Å². The van der Waals surface area contributed by atoms with Gasteiger partial charge >= 0.3 is 5.97 Å². The van der Waals surface area contributed by atoms with Crippen LogP contribution >= 0.6 is 0 Å². The van der Waals surface area contributed by atoms with Gasteiger partial charge in [0.2, 0.25) is 0 Å². The summed E-state index contributed by atoms with van der Waals surface area (Å²) in [4.78, 5) is 24.5. The van der Waals surface area contributed by atoms with E-state index < -0.39 is 18.1 Å². The number of methoxy groups -OCH3 is 2. The highest BCUT2D eigenvalue weighted by molar-refractivity contribution is 5.87. The van der Waals surface area contributed by atoms with E-state index >= 15 is 0 Å². The molecular weight excluding hydrogens is 318 g/mol. The molecule has 1 amide bonds. The fourth-order valence-electron chi connectivity index (χ4n) is 2.65. The van der Waals surface area contributed by atoms with Crippen LogP contribution in [0.4, 0.5) is 0 Å². The highest BCUT2D eigenvalue weighted by Gasteiger charge is 2.26. The third-order valence-corrected chi connectivity index (χ3v) is 4.03. The zero-order chi connectivity index (χ0) is 18.5. The van der Waals surface area contributed by atoms with Crippen LogP contribution in [0.5, 0.6) is 0 Å². The molecule has 0 bridgehead atoms. The van der Waals surface area contributed by atoms with Crippen molar-refractivity contribution < 1.29 is 19.1 Å². The molecule has 0 aliphatic heterocycles. The van der Waals surface area contributed by atoms with E-state index in [1.165, 1.54) is 14.2 Å². The van der Waals surface area contributed by atoms with E-state index in [-0.39, 0.29) is 5.91 Å². The molecule has 1 aromatic carbocycles. The first-order valence-corrected chi connectivity index (χ1v) is 8.70. The Hall–Kier alpha value is -2.14. The van der Waals surface area contributed by atoms with Crippen LogP contribution in [0, 0.1) is 0 Å². The lowest BCUT2D eigenvalue weighted by molar-refractivity contribution is -0.147. The quantitative estimate of drug-likeness (QED) is 0.357. The summed E-state index contributed by atoms with van der Waals surface area (Å²) in [6.07, 6.45) is 6.75. The molecule has 0 fully saturated rings. The van der Waals surface area contributed by atoms with Crippen molar-refractivity contribution in [1.29, 1.82) is 0 Å². The number of rotatable bonds is 12. The lowest BCUT2D eigenvalue weighted by Gasteiger charge is -2.21. The maximum Gasteiger partial charge on any atom is 0.328 e. The normalized spacial score (nSPS) is 12.9. The Balaban J connectivity index is 2.59. The Bertz CT molecular complexity index is 530. The van der Waals surface area contributed by atoms with Gasteiger partial charge in [0.15, 0.2) is 6.10 Å². The van der Waals surface area contributed by atoms with Crippen LogP contribution < -0.4 is 5.32 Å². The maximum atomic E-state index is 12.5. The Morgan fingerprint density at radius 1 is 1.12 bits per heavy atom. The fourth-order valence-corrected chi connectivity index (χ4v) is 2.65. The number of allylic oxidation sites excluding steroid dienone is 1. The summed E-state index contributed by atoms with van der Waals surface area (Å²) >= 11 is 0. The van der Waals surface area contributed by atoms with Gasteiger partial charge in [-0.2, -0.15) is 0 Å². The van der Waals surface area contributed by atoms with Crippen molar-refractivity contribution in [2.75, 3.05) is 14.2 Å². The van der Waals surface area contributed by atoms with Gasteiger partial charge in [0.05, 0.1) is 7.11 Å². The monoisotopic (exact) mass is 347 g/mol. The molecule has 1 aromatic rings. The summed E-state index contributed by atoms with van der Waals surface area (Å²) in [5.41, 5.74) is 0.746. The number of amides is 1. The van der Waals surface area contributed by atoms with Gasteiger partial charge < -0.3 is 14.8 Å². The Labute approximate surface area is 150 Å². The number of nitrogens with one attached hydrogen (secondary N) is 1. The highest BCUT2D eigenvalue weighted by Crippen LogP contribution is 2.17. The number of hydrogen-bond donors (Lipinski definition) is 1. The lowest BCUT2D eigenvalue weighted by Crippen LogP contribution is -2.44. The van der Waals surface area contributed by atoms with Gasteiger partial charge in [-0.15, -0.1) is 6.58 Å². The van der Waals surface area contributed by atoms with Crippen molar-refractivity contribution in [1.82, 2.24) is 5.32 Å². The summed E-state index contributed by atoms with van der Waals surface area (Å²) in [5.74, 6) is -0.766. The van der Waals surface area contributed by atoms with Crippen LogP contribution in [0.3, 0.4) is 0 Å². The molecule has 0 saturated heterocycles. The van der Waals surface area contributed by atoms with Crippen LogP contribution in [-0.2, 0) is 19.1 Å². The Morgan fingerprint density at radius 2 is 1.80 bits per heavy atom. The molecule has 2 atom stereocenters. The fraction of sp³-hybridized carbons (Fsp3) is 0.500. The van der Waals surface area contributed by atoms with E-state index in [0.717, 1.165) is 37.7 Å². The summed E-state index contributed by atoms with van der Waals surface area (Å²) in [6, 6.07) is 8.54. The van der Waals surface area contributed by atoms with Crippen LogP contribution in [-0.4, -0.2) is 32.1 Å². The minimum Gasteiger partial charge on any atom is -0.467 e. The summed E-state index contributed by atoms with van der Waals surface area (Å²) in [5, 5.41) is 2.76. The Kier molecular flexibility index (Phi) is 10.2. The largest absolute Gasteiger partial charge is 0.467 e. The first-order chi connectivity index (χ1) is 12.1. The Morgan fingerprint density at radius 3 is 2.40 bits per heavy atom. The molecule has 138 valence electrons. The van der Waals surface area contributed by atoms with E-state index in [1.807, 2.05) is 36.4 Å². The van der Waals surface area contributed by atoms with Gasteiger partial charge in [-0.1, -0.05) is 55.7 Å². The predicted molar refractivity (Wildman–Crippen MR) is 98.0 cm³/mol. The highest BCUT2D eigenvalue weighted by atomic mass is 16.5. The van der Waals surface area contributed by atoms with E-state index in [0.29, 0.717) is 6.42 Å². The number of esters is 1. The number of hydrogen-bond acceptors (Lipinski definition) is 4. The van der Waals surface area contributed by atoms with Crippen molar-refractivity contribution in [3.05, 3.63) is 48.6 Å². The molecule has 0 saturated carbocycles. The van der Waals surface area contributed by atoms with Crippen molar-refractivity contribution >= 4 is 11.9 Å². The van der Waals surface area contributed by atoms with E-state index in [1.54, 1.807) is 0 Å². The number of carbonyl (C=O) groups excluding carboxylic acids is 2. The number of unbranched alkanes of at least 4 members (excludes halogenated alkanes) is 4. The second-order valence-electron chi connectivity index (χ2n) is 5.89. The molecule has 1 rings (SSSR count). The minimum atomic E-state index is -0.749. The van der Waals surface area contributed by atoms with Gasteiger partial charge in [-0.3, -0.25) is 4.79 Å². The summed E-state index contributed by atoms with van der Waals surface area (Å²) in [6.45, 7) is 3.70. The molecule has 1 N–H and O–H groups in total. The van der Waals surface area contributed by atoms with Crippen molar-refractivity contribution in [3.63, 3.8) is 0 Å². The third kappa shape index (κ3) is 7.52. The second-order valence-corrected chi connectivity index (χ2v) is 5.89. The van der Waals surface area contributed by atoms with Gasteiger partial charge in [-0.25, -0.2) is 4.79 Å². The van der Waals surface area contributed by atoms with Gasteiger partial charge in [-0.05, 0) is 24.8 Å². The van der Waals surface area contributed by atoms with Crippen molar-refractivity contribution in [3.8, 4) is 0 Å². The molecule has 0 aromatic heterocycles. The topological polar surface area (TPSA) is 64.6 Å². The van der Waals surface area contributed by atoms with Crippen LogP contribution in [0.25, 0.3) is 0 Å². The molecule has 25 heavy (non-hydrogen) atoms. The number of carbonyl (C=O) groups is 2. The maximum absolute atomic E-state index is 12.5. The van der Waals surface area contributed by atoms with E-state index in [4.69, 9.17) is 9.47 Å². The minimum absolute atomic E-state index is 0.337.